The van der Waals surface area contributed by atoms with E-state index < -0.39 is 0 Å². The van der Waals surface area contributed by atoms with Crippen molar-refractivity contribution in [2.75, 3.05) is 39.5 Å². The molecule has 0 aromatic heterocycles. The van der Waals surface area contributed by atoms with Crippen molar-refractivity contribution in [3.05, 3.63) is 0 Å². The maximum Gasteiger partial charge on any atom is 0.0495 e. The van der Waals surface area contributed by atoms with Crippen LogP contribution in [0.25, 0.3) is 0 Å². The van der Waals surface area contributed by atoms with E-state index in [1.165, 1.54) is 25.7 Å². The van der Waals surface area contributed by atoms with Gasteiger partial charge in [0, 0.05) is 26.4 Å². The molecule has 3 nitrogen and oxygen atoms in total. The molecule has 1 aliphatic rings. The Hall–Kier alpha value is -0.120. The van der Waals surface area contributed by atoms with Crippen LogP contribution in [0.1, 0.15) is 39.5 Å². The Morgan fingerprint density at radius 2 is 2.00 bits per heavy atom. The Bertz CT molecular complexity index is 168. The number of hydrogen-bond donors (Lipinski definition) is 1. The largest absolute Gasteiger partial charge is 0.381 e. The molecule has 0 aromatic carbocycles. The fourth-order valence-electron chi connectivity index (χ4n) is 2.01. The number of rotatable bonds is 9. The monoisotopic (exact) mass is 243 g/mol. The fourth-order valence-corrected chi connectivity index (χ4v) is 2.01. The first-order valence-electron chi connectivity index (χ1n) is 7.15. The van der Waals surface area contributed by atoms with E-state index in [0.717, 1.165) is 51.4 Å². The zero-order valence-corrected chi connectivity index (χ0v) is 11.5. The van der Waals surface area contributed by atoms with Crippen molar-refractivity contribution in [2.45, 2.75) is 39.5 Å². The van der Waals surface area contributed by atoms with Crippen molar-refractivity contribution in [3.63, 3.8) is 0 Å². The summed E-state index contributed by atoms with van der Waals surface area (Å²) >= 11 is 0. The van der Waals surface area contributed by atoms with Gasteiger partial charge in [-0.05, 0) is 50.6 Å². The predicted molar refractivity (Wildman–Crippen MR) is 71.3 cm³/mol. The van der Waals surface area contributed by atoms with Gasteiger partial charge in [-0.15, -0.1) is 0 Å². The molecule has 1 fully saturated rings. The van der Waals surface area contributed by atoms with Gasteiger partial charge in [-0.1, -0.05) is 13.8 Å². The first kappa shape index (κ1) is 14.9. The SMILES string of the molecule is CC(C)CNCCCCOCC1CCOCC1. The van der Waals surface area contributed by atoms with Gasteiger partial charge in [0.1, 0.15) is 0 Å². The van der Waals surface area contributed by atoms with Gasteiger partial charge in [-0.25, -0.2) is 0 Å². The molecule has 102 valence electrons. The molecule has 0 radical (unpaired) electrons. The van der Waals surface area contributed by atoms with Crippen molar-refractivity contribution < 1.29 is 9.47 Å². The minimum atomic E-state index is 0.739. The Morgan fingerprint density at radius 1 is 1.24 bits per heavy atom. The highest BCUT2D eigenvalue weighted by molar-refractivity contribution is 4.62. The summed E-state index contributed by atoms with van der Waals surface area (Å²) in [7, 11) is 0. The van der Waals surface area contributed by atoms with E-state index in [9.17, 15) is 0 Å². The molecule has 0 aliphatic carbocycles. The molecule has 1 saturated heterocycles. The van der Waals surface area contributed by atoms with Crippen molar-refractivity contribution in [1.29, 1.82) is 0 Å². The van der Waals surface area contributed by atoms with Crippen LogP contribution in [0.15, 0.2) is 0 Å². The lowest BCUT2D eigenvalue weighted by molar-refractivity contribution is 0.0199. The predicted octanol–water partition coefficient (Wildman–Crippen LogP) is 2.46. The topological polar surface area (TPSA) is 30.5 Å². The van der Waals surface area contributed by atoms with E-state index in [-0.39, 0.29) is 0 Å². The molecule has 1 heterocycles. The first-order chi connectivity index (χ1) is 8.29. The van der Waals surface area contributed by atoms with Crippen LogP contribution in [0.4, 0.5) is 0 Å². The number of nitrogens with one attached hydrogen (secondary N) is 1. The number of ether oxygens (including phenoxy) is 2. The number of unbranched alkanes of at least 4 members (excludes halogenated alkanes) is 1. The minimum Gasteiger partial charge on any atom is -0.381 e. The molecule has 0 atom stereocenters. The molecule has 1 rings (SSSR count). The maximum absolute atomic E-state index is 5.72. The zero-order valence-electron chi connectivity index (χ0n) is 11.5. The molecule has 0 saturated carbocycles. The van der Waals surface area contributed by atoms with E-state index in [1.54, 1.807) is 0 Å². The number of hydrogen-bond acceptors (Lipinski definition) is 3. The maximum atomic E-state index is 5.72. The molecule has 0 aromatic rings. The van der Waals surface area contributed by atoms with E-state index in [2.05, 4.69) is 19.2 Å². The Labute approximate surface area is 106 Å². The Morgan fingerprint density at radius 3 is 2.71 bits per heavy atom. The highest BCUT2D eigenvalue weighted by atomic mass is 16.5. The standard InChI is InChI=1S/C14H29NO2/c1-13(2)11-15-7-3-4-8-17-12-14-5-9-16-10-6-14/h13-15H,3-12H2,1-2H3. The summed E-state index contributed by atoms with van der Waals surface area (Å²) in [5.74, 6) is 1.49. The molecule has 17 heavy (non-hydrogen) atoms. The van der Waals surface area contributed by atoms with Gasteiger partial charge in [0.25, 0.3) is 0 Å². The summed E-state index contributed by atoms with van der Waals surface area (Å²) in [4.78, 5) is 0. The molecular formula is C14H29NO2. The van der Waals surface area contributed by atoms with Gasteiger partial charge < -0.3 is 14.8 Å². The Balaban J connectivity index is 1.78. The molecule has 0 bridgehead atoms. The van der Waals surface area contributed by atoms with E-state index in [1.807, 2.05) is 0 Å². The summed E-state index contributed by atoms with van der Waals surface area (Å²) in [6.45, 7) is 10.4. The summed E-state index contributed by atoms with van der Waals surface area (Å²) < 4.78 is 11.0. The van der Waals surface area contributed by atoms with Crippen LogP contribution in [0.2, 0.25) is 0 Å². The third-order valence-corrected chi connectivity index (χ3v) is 3.14. The van der Waals surface area contributed by atoms with E-state index in [4.69, 9.17) is 9.47 Å². The highest BCUT2D eigenvalue weighted by Crippen LogP contribution is 2.14. The van der Waals surface area contributed by atoms with E-state index >= 15 is 0 Å². The van der Waals surface area contributed by atoms with Crippen LogP contribution in [0, 0.1) is 11.8 Å². The van der Waals surface area contributed by atoms with Crippen molar-refractivity contribution in [2.24, 2.45) is 11.8 Å². The Kier molecular flexibility index (Phi) is 8.67. The highest BCUT2D eigenvalue weighted by Gasteiger charge is 2.13. The van der Waals surface area contributed by atoms with E-state index in [0.29, 0.717) is 0 Å². The molecule has 0 amide bonds. The fraction of sp³-hybridized carbons (Fsp3) is 1.00. The van der Waals surface area contributed by atoms with Crippen LogP contribution in [-0.2, 0) is 9.47 Å². The summed E-state index contributed by atoms with van der Waals surface area (Å²) in [5.41, 5.74) is 0. The third-order valence-electron chi connectivity index (χ3n) is 3.14. The quantitative estimate of drug-likeness (QED) is 0.631. The lowest BCUT2D eigenvalue weighted by Crippen LogP contribution is -2.22. The van der Waals surface area contributed by atoms with Crippen molar-refractivity contribution in [1.82, 2.24) is 5.32 Å². The van der Waals surface area contributed by atoms with Gasteiger partial charge in [0.05, 0.1) is 0 Å². The first-order valence-corrected chi connectivity index (χ1v) is 7.15. The molecule has 3 heteroatoms. The second-order valence-corrected chi connectivity index (χ2v) is 5.44. The van der Waals surface area contributed by atoms with Gasteiger partial charge in [-0.2, -0.15) is 0 Å². The summed E-state index contributed by atoms with van der Waals surface area (Å²) in [5, 5.41) is 3.45. The van der Waals surface area contributed by atoms with Crippen molar-refractivity contribution in [3.8, 4) is 0 Å². The molecule has 0 spiro atoms. The zero-order chi connectivity index (χ0) is 12.3. The summed E-state index contributed by atoms with van der Waals surface area (Å²) in [6.07, 6.45) is 4.75. The lowest BCUT2D eigenvalue weighted by Gasteiger charge is -2.21. The lowest BCUT2D eigenvalue weighted by atomic mass is 10.0. The second-order valence-electron chi connectivity index (χ2n) is 5.44. The third kappa shape index (κ3) is 8.58. The van der Waals surface area contributed by atoms with Gasteiger partial charge in [-0.3, -0.25) is 0 Å². The van der Waals surface area contributed by atoms with Crippen LogP contribution in [0.3, 0.4) is 0 Å². The molecule has 0 unspecified atom stereocenters. The normalized spacial score (nSPS) is 17.8. The average molecular weight is 243 g/mol. The smallest absolute Gasteiger partial charge is 0.0495 e. The molecule has 1 N–H and O–H groups in total. The van der Waals surface area contributed by atoms with Crippen molar-refractivity contribution >= 4 is 0 Å². The van der Waals surface area contributed by atoms with Crippen LogP contribution in [0.5, 0.6) is 0 Å². The summed E-state index contributed by atoms with van der Waals surface area (Å²) in [6, 6.07) is 0. The second kappa shape index (κ2) is 9.86. The van der Waals surface area contributed by atoms with Gasteiger partial charge in [0.15, 0.2) is 0 Å². The van der Waals surface area contributed by atoms with Crippen LogP contribution < -0.4 is 5.32 Å². The minimum absolute atomic E-state index is 0.739. The average Bonchev–Trinajstić information content (AvgIpc) is 2.33. The van der Waals surface area contributed by atoms with Crippen LogP contribution >= 0.6 is 0 Å². The molecule has 1 aliphatic heterocycles. The van der Waals surface area contributed by atoms with Crippen LogP contribution in [-0.4, -0.2) is 39.5 Å². The van der Waals surface area contributed by atoms with Gasteiger partial charge in [0.2, 0.25) is 0 Å². The molecular weight excluding hydrogens is 214 g/mol. The van der Waals surface area contributed by atoms with Gasteiger partial charge >= 0.3 is 0 Å².